The van der Waals surface area contributed by atoms with Crippen LogP contribution in [0.1, 0.15) is 19.8 Å². The zero-order chi connectivity index (χ0) is 18.1. The summed E-state index contributed by atoms with van der Waals surface area (Å²) < 4.78 is 0. The van der Waals surface area contributed by atoms with Crippen molar-refractivity contribution in [1.82, 2.24) is 14.9 Å². The fraction of sp³-hybridized carbons (Fsp3) is 0.333. The predicted molar refractivity (Wildman–Crippen MR) is 105 cm³/mol. The van der Waals surface area contributed by atoms with Gasteiger partial charge in [-0.25, -0.2) is 4.98 Å². The molecule has 2 heterocycles. The molecule has 3 aromatic rings. The summed E-state index contributed by atoms with van der Waals surface area (Å²) >= 11 is 0. The van der Waals surface area contributed by atoms with E-state index >= 15 is 0 Å². The van der Waals surface area contributed by atoms with Crippen LogP contribution in [0.3, 0.4) is 0 Å². The molecule has 1 aliphatic rings. The lowest BCUT2D eigenvalue weighted by Gasteiger charge is -2.34. The Kier molecular flexibility index (Phi) is 4.47. The molecule has 0 saturated carbocycles. The van der Waals surface area contributed by atoms with Crippen molar-refractivity contribution in [3.63, 3.8) is 0 Å². The second kappa shape index (κ2) is 6.92. The number of nitrogens with zero attached hydrogens (tertiary/aromatic N) is 2. The summed E-state index contributed by atoms with van der Waals surface area (Å²) in [6, 6.07) is 16.3. The van der Waals surface area contributed by atoms with Crippen LogP contribution in [-0.4, -0.2) is 40.4 Å². The van der Waals surface area contributed by atoms with Crippen molar-refractivity contribution < 1.29 is 4.79 Å². The standard InChI is InChI=1S/C21H24N4O/c1-14-13-16(11-12-25(14)2)21(26)22-17-9-7-15(8-10-17)20-23-18-5-3-4-6-19(18)24-20/h3-10,14,16H,11-13H2,1-2H3,(H,22,26)(H,23,24)/t14-,16-/m1/s1. The number of aromatic nitrogens is 2. The second-order valence-electron chi connectivity index (χ2n) is 7.22. The first kappa shape index (κ1) is 16.8. The van der Waals surface area contributed by atoms with E-state index in [1.54, 1.807) is 0 Å². The number of carbonyl (C=O) groups is 1. The van der Waals surface area contributed by atoms with E-state index in [0.717, 1.165) is 47.5 Å². The number of anilines is 1. The molecule has 134 valence electrons. The minimum Gasteiger partial charge on any atom is -0.338 e. The van der Waals surface area contributed by atoms with E-state index in [1.165, 1.54) is 0 Å². The third kappa shape index (κ3) is 3.35. The SMILES string of the molecule is C[C@@H]1C[C@H](C(=O)Nc2ccc(-c3nc4ccccc4[nH]3)cc2)CCN1C. The van der Waals surface area contributed by atoms with Crippen LogP contribution in [0, 0.1) is 5.92 Å². The molecule has 2 N–H and O–H groups in total. The topological polar surface area (TPSA) is 61.0 Å². The number of hydrogen-bond donors (Lipinski definition) is 2. The van der Waals surface area contributed by atoms with Crippen LogP contribution in [-0.2, 0) is 4.79 Å². The van der Waals surface area contributed by atoms with Gasteiger partial charge in [0, 0.05) is 23.2 Å². The number of nitrogens with one attached hydrogen (secondary N) is 2. The summed E-state index contributed by atoms with van der Waals surface area (Å²) in [6.45, 7) is 3.16. The molecule has 26 heavy (non-hydrogen) atoms. The van der Waals surface area contributed by atoms with Gasteiger partial charge in [0.1, 0.15) is 5.82 Å². The maximum absolute atomic E-state index is 12.5. The van der Waals surface area contributed by atoms with E-state index in [1.807, 2.05) is 48.5 Å². The third-order valence-corrected chi connectivity index (χ3v) is 5.39. The van der Waals surface area contributed by atoms with E-state index < -0.39 is 0 Å². The van der Waals surface area contributed by atoms with E-state index in [-0.39, 0.29) is 11.8 Å². The number of piperidine rings is 1. The molecule has 0 unspecified atom stereocenters. The van der Waals surface area contributed by atoms with Gasteiger partial charge >= 0.3 is 0 Å². The van der Waals surface area contributed by atoms with E-state index in [9.17, 15) is 4.79 Å². The Labute approximate surface area is 153 Å². The van der Waals surface area contributed by atoms with E-state index in [2.05, 4.69) is 34.2 Å². The van der Waals surface area contributed by atoms with Crippen LogP contribution in [0.2, 0.25) is 0 Å². The van der Waals surface area contributed by atoms with Gasteiger partial charge in [0.05, 0.1) is 11.0 Å². The molecule has 2 atom stereocenters. The summed E-state index contributed by atoms with van der Waals surface area (Å²) in [5, 5.41) is 3.06. The van der Waals surface area contributed by atoms with Gasteiger partial charge in [-0.05, 0) is 69.8 Å². The lowest BCUT2D eigenvalue weighted by atomic mass is 9.91. The maximum atomic E-state index is 12.5. The lowest BCUT2D eigenvalue weighted by Crippen LogP contribution is -2.41. The van der Waals surface area contributed by atoms with Crippen LogP contribution in [0.25, 0.3) is 22.4 Å². The van der Waals surface area contributed by atoms with Crippen molar-refractivity contribution in [3.8, 4) is 11.4 Å². The number of likely N-dealkylation sites (tertiary alicyclic amines) is 1. The summed E-state index contributed by atoms with van der Waals surface area (Å²) in [4.78, 5) is 22.8. The smallest absolute Gasteiger partial charge is 0.227 e. The van der Waals surface area contributed by atoms with Crippen molar-refractivity contribution in [1.29, 1.82) is 0 Å². The molecule has 1 amide bonds. The van der Waals surface area contributed by atoms with Gasteiger partial charge in [0.2, 0.25) is 5.91 Å². The maximum Gasteiger partial charge on any atom is 0.227 e. The van der Waals surface area contributed by atoms with Crippen LogP contribution < -0.4 is 5.32 Å². The monoisotopic (exact) mass is 348 g/mol. The number of imidazole rings is 1. The first-order valence-corrected chi connectivity index (χ1v) is 9.16. The van der Waals surface area contributed by atoms with Crippen molar-refractivity contribution >= 4 is 22.6 Å². The normalized spacial score (nSPS) is 21.0. The molecule has 0 aliphatic carbocycles. The molecular weight excluding hydrogens is 324 g/mol. The highest BCUT2D eigenvalue weighted by molar-refractivity contribution is 5.93. The Morgan fingerprint density at radius 2 is 1.96 bits per heavy atom. The van der Waals surface area contributed by atoms with Gasteiger partial charge < -0.3 is 15.2 Å². The Morgan fingerprint density at radius 3 is 2.69 bits per heavy atom. The van der Waals surface area contributed by atoms with Gasteiger partial charge in [-0.15, -0.1) is 0 Å². The molecule has 5 heteroatoms. The fourth-order valence-corrected chi connectivity index (χ4v) is 3.57. The molecule has 1 aliphatic heterocycles. The minimum atomic E-state index is 0.0937. The van der Waals surface area contributed by atoms with Crippen molar-refractivity contribution in [3.05, 3.63) is 48.5 Å². The summed E-state index contributed by atoms with van der Waals surface area (Å²) in [5.74, 6) is 1.06. The molecule has 2 aromatic carbocycles. The summed E-state index contributed by atoms with van der Waals surface area (Å²) in [7, 11) is 2.12. The van der Waals surface area contributed by atoms with Crippen molar-refractivity contribution in [2.75, 3.05) is 18.9 Å². The summed E-state index contributed by atoms with van der Waals surface area (Å²) in [5.41, 5.74) is 3.82. The average molecular weight is 348 g/mol. The van der Waals surface area contributed by atoms with Crippen LogP contribution in [0.15, 0.2) is 48.5 Å². The molecule has 1 aromatic heterocycles. The molecule has 1 fully saturated rings. The zero-order valence-corrected chi connectivity index (χ0v) is 15.2. The number of H-pyrrole nitrogens is 1. The number of rotatable bonds is 3. The highest BCUT2D eigenvalue weighted by Gasteiger charge is 2.27. The summed E-state index contributed by atoms with van der Waals surface area (Å²) in [6.07, 6.45) is 1.84. The van der Waals surface area contributed by atoms with Crippen LogP contribution in [0.5, 0.6) is 0 Å². The molecule has 0 spiro atoms. The Hall–Kier alpha value is -2.66. The number of carbonyl (C=O) groups excluding carboxylic acids is 1. The first-order chi connectivity index (χ1) is 12.6. The molecule has 5 nitrogen and oxygen atoms in total. The number of para-hydroxylation sites is 2. The number of amides is 1. The number of benzene rings is 2. The third-order valence-electron chi connectivity index (χ3n) is 5.39. The van der Waals surface area contributed by atoms with Gasteiger partial charge in [-0.1, -0.05) is 12.1 Å². The molecule has 0 radical (unpaired) electrons. The Bertz CT molecular complexity index is 882. The first-order valence-electron chi connectivity index (χ1n) is 9.16. The Balaban J connectivity index is 1.45. The quantitative estimate of drug-likeness (QED) is 0.755. The minimum absolute atomic E-state index is 0.0937. The molecular formula is C21H24N4O. The van der Waals surface area contributed by atoms with Gasteiger partial charge in [-0.2, -0.15) is 0 Å². The van der Waals surface area contributed by atoms with Gasteiger partial charge in [-0.3, -0.25) is 4.79 Å². The van der Waals surface area contributed by atoms with Crippen molar-refractivity contribution in [2.24, 2.45) is 5.92 Å². The van der Waals surface area contributed by atoms with Crippen molar-refractivity contribution in [2.45, 2.75) is 25.8 Å². The highest BCUT2D eigenvalue weighted by atomic mass is 16.1. The van der Waals surface area contributed by atoms with Gasteiger partial charge in [0.15, 0.2) is 0 Å². The molecule has 0 bridgehead atoms. The van der Waals surface area contributed by atoms with E-state index in [4.69, 9.17) is 0 Å². The van der Waals surface area contributed by atoms with Gasteiger partial charge in [0.25, 0.3) is 0 Å². The largest absolute Gasteiger partial charge is 0.338 e. The zero-order valence-electron chi connectivity index (χ0n) is 15.2. The molecule has 4 rings (SSSR count). The molecule has 1 saturated heterocycles. The Morgan fingerprint density at radius 1 is 1.19 bits per heavy atom. The fourth-order valence-electron chi connectivity index (χ4n) is 3.57. The lowest BCUT2D eigenvalue weighted by molar-refractivity contribution is -0.121. The average Bonchev–Trinajstić information content (AvgIpc) is 3.08. The number of aromatic amines is 1. The predicted octanol–water partition coefficient (Wildman–Crippen LogP) is 3.90. The second-order valence-corrected chi connectivity index (χ2v) is 7.22. The van der Waals surface area contributed by atoms with E-state index in [0.29, 0.717) is 6.04 Å². The highest BCUT2D eigenvalue weighted by Crippen LogP contribution is 2.25. The van der Waals surface area contributed by atoms with Crippen LogP contribution in [0.4, 0.5) is 5.69 Å². The van der Waals surface area contributed by atoms with Crippen LogP contribution >= 0.6 is 0 Å². The number of fused-ring (bicyclic) bond motifs is 1. The number of hydrogen-bond acceptors (Lipinski definition) is 3.